The summed E-state index contributed by atoms with van der Waals surface area (Å²) < 4.78 is 10.7. The van der Waals surface area contributed by atoms with Crippen molar-refractivity contribution in [2.45, 2.75) is 46.1 Å². The van der Waals surface area contributed by atoms with Crippen LogP contribution in [-0.2, 0) is 6.42 Å². The Hall–Kier alpha value is -1.81. The van der Waals surface area contributed by atoms with E-state index in [1.807, 2.05) is 19.9 Å². The van der Waals surface area contributed by atoms with Crippen LogP contribution in [0.25, 0.3) is 0 Å². The number of aromatic nitrogens is 1. The molecule has 0 bridgehead atoms. The summed E-state index contributed by atoms with van der Waals surface area (Å²) in [6, 6.07) is 8.62. The normalized spacial score (nSPS) is 15.4. The quantitative estimate of drug-likeness (QED) is 0.286. The minimum absolute atomic E-state index is 0. The van der Waals surface area contributed by atoms with E-state index in [1.165, 1.54) is 24.0 Å². The van der Waals surface area contributed by atoms with Crippen LogP contribution in [0.5, 0.6) is 5.75 Å². The number of nitrogens with one attached hydrogen (secondary N) is 2. The van der Waals surface area contributed by atoms with Gasteiger partial charge in [-0.15, -0.1) is 24.0 Å². The molecule has 2 heterocycles. The van der Waals surface area contributed by atoms with Crippen LogP contribution in [-0.4, -0.2) is 55.8 Å². The molecule has 0 spiro atoms. The fourth-order valence-electron chi connectivity index (χ4n) is 4.02. The van der Waals surface area contributed by atoms with E-state index in [-0.39, 0.29) is 30.0 Å². The summed E-state index contributed by atoms with van der Waals surface area (Å²) >= 11 is 0. The number of hydrogen-bond donors (Lipinski definition) is 2. The van der Waals surface area contributed by atoms with Crippen LogP contribution in [0, 0.1) is 13.8 Å². The Morgan fingerprint density at radius 3 is 2.68 bits per heavy atom. The molecule has 0 saturated carbocycles. The number of aliphatic imine (C=N–C) groups is 1. The van der Waals surface area contributed by atoms with Crippen molar-refractivity contribution in [3.8, 4) is 5.75 Å². The van der Waals surface area contributed by atoms with Gasteiger partial charge in [0, 0.05) is 18.7 Å². The van der Waals surface area contributed by atoms with Gasteiger partial charge >= 0.3 is 0 Å². The van der Waals surface area contributed by atoms with Crippen molar-refractivity contribution in [2.75, 3.05) is 39.8 Å². The van der Waals surface area contributed by atoms with Crippen molar-refractivity contribution in [1.29, 1.82) is 0 Å². The molecular weight excluding hydrogens is 505 g/mol. The molecule has 2 aromatic rings. The van der Waals surface area contributed by atoms with Crippen LogP contribution in [0.4, 0.5) is 0 Å². The highest BCUT2D eigenvalue weighted by Crippen LogP contribution is 2.27. The van der Waals surface area contributed by atoms with E-state index in [4.69, 9.17) is 14.3 Å². The topological polar surface area (TPSA) is 74.9 Å². The summed E-state index contributed by atoms with van der Waals surface area (Å²) in [4.78, 5) is 7.46. The molecule has 1 aliphatic rings. The molecule has 3 rings (SSSR count). The van der Waals surface area contributed by atoms with Crippen LogP contribution in [0.15, 0.2) is 33.8 Å². The van der Waals surface area contributed by atoms with Crippen molar-refractivity contribution < 1.29 is 9.26 Å². The van der Waals surface area contributed by atoms with Gasteiger partial charge in [0.05, 0.1) is 25.4 Å². The molecule has 0 amide bonds. The summed E-state index contributed by atoms with van der Waals surface area (Å²) in [6.07, 6.45) is 3.36. The molecule has 0 radical (unpaired) electrons. The molecule has 1 unspecified atom stereocenters. The molecule has 1 fully saturated rings. The number of aryl methyl sites for hydroxylation is 2. The first kappa shape index (κ1) is 25.5. The number of ether oxygens (including phenoxy) is 1. The summed E-state index contributed by atoms with van der Waals surface area (Å²) in [7, 11) is 1.72. The zero-order valence-electron chi connectivity index (χ0n) is 19.1. The van der Waals surface area contributed by atoms with Gasteiger partial charge in [-0.05, 0) is 70.8 Å². The van der Waals surface area contributed by atoms with Gasteiger partial charge in [0.2, 0.25) is 0 Å². The maximum atomic E-state index is 5.45. The third-order valence-electron chi connectivity index (χ3n) is 5.68. The zero-order chi connectivity index (χ0) is 21.3. The number of rotatable bonds is 9. The fourth-order valence-corrected chi connectivity index (χ4v) is 4.02. The van der Waals surface area contributed by atoms with E-state index in [1.54, 1.807) is 7.11 Å². The molecule has 0 aliphatic carbocycles. The third-order valence-corrected chi connectivity index (χ3v) is 5.68. The van der Waals surface area contributed by atoms with E-state index in [2.05, 4.69) is 45.8 Å². The van der Waals surface area contributed by atoms with Gasteiger partial charge in [-0.1, -0.05) is 17.3 Å². The lowest BCUT2D eigenvalue weighted by atomic mass is 10.1. The zero-order valence-corrected chi connectivity index (χ0v) is 21.4. The monoisotopic (exact) mass is 541 g/mol. The van der Waals surface area contributed by atoms with Crippen molar-refractivity contribution in [2.24, 2.45) is 4.99 Å². The average molecular weight is 541 g/mol. The Balaban J connectivity index is 0.00000341. The van der Waals surface area contributed by atoms with Gasteiger partial charge in [0.25, 0.3) is 0 Å². The van der Waals surface area contributed by atoms with Crippen LogP contribution >= 0.6 is 24.0 Å². The molecule has 1 aromatic heterocycles. The van der Waals surface area contributed by atoms with Gasteiger partial charge in [0.15, 0.2) is 5.96 Å². The highest BCUT2D eigenvalue weighted by atomic mass is 127. The molecule has 8 heteroatoms. The highest BCUT2D eigenvalue weighted by Gasteiger charge is 2.23. The maximum Gasteiger partial charge on any atom is 0.191 e. The first-order valence-corrected chi connectivity index (χ1v) is 10.9. The lowest BCUT2D eigenvalue weighted by Gasteiger charge is -2.27. The van der Waals surface area contributed by atoms with Crippen LogP contribution < -0.4 is 15.4 Å². The number of benzene rings is 1. The lowest BCUT2D eigenvalue weighted by Crippen LogP contribution is -2.39. The summed E-state index contributed by atoms with van der Waals surface area (Å²) in [5, 5.41) is 10.9. The Kier molecular flexibility index (Phi) is 10.6. The molecule has 31 heavy (non-hydrogen) atoms. The molecule has 172 valence electrons. The number of hydrogen-bond acceptors (Lipinski definition) is 5. The van der Waals surface area contributed by atoms with Gasteiger partial charge in [-0.25, -0.2) is 0 Å². The second kappa shape index (κ2) is 12.9. The van der Waals surface area contributed by atoms with Crippen LogP contribution in [0.2, 0.25) is 0 Å². The Labute approximate surface area is 203 Å². The highest BCUT2D eigenvalue weighted by molar-refractivity contribution is 14.0. The predicted octanol–water partition coefficient (Wildman–Crippen LogP) is 3.85. The Bertz CT molecular complexity index is 814. The van der Waals surface area contributed by atoms with Crippen molar-refractivity contribution in [3.63, 3.8) is 0 Å². The minimum atomic E-state index is 0. The van der Waals surface area contributed by atoms with E-state index in [9.17, 15) is 0 Å². The largest absolute Gasteiger partial charge is 0.497 e. The van der Waals surface area contributed by atoms with Crippen LogP contribution in [0.1, 0.15) is 48.4 Å². The molecule has 1 saturated heterocycles. The number of guanidine groups is 1. The summed E-state index contributed by atoms with van der Waals surface area (Å²) in [5.41, 5.74) is 3.39. The van der Waals surface area contributed by atoms with Gasteiger partial charge in [-0.2, -0.15) is 0 Å². The Morgan fingerprint density at radius 1 is 1.26 bits per heavy atom. The second-order valence-electron chi connectivity index (χ2n) is 7.73. The SMILES string of the molecule is CCNC(=NCC(c1cccc(OC)c1)N1CCCC1)NCCc1c(C)noc1C.I. The maximum absolute atomic E-state index is 5.45. The van der Waals surface area contributed by atoms with E-state index >= 15 is 0 Å². The smallest absolute Gasteiger partial charge is 0.191 e. The van der Waals surface area contributed by atoms with E-state index in [0.717, 1.165) is 55.8 Å². The Morgan fingerprint density at radius 2 is 2.03 bits per heavy atom. The molecule has 7 nitrogen and oxygen atoms in total. The summed E-state index contributed by atoms with van der Waals surface area (Å²) in [6.45, 7) is 10.6. The standard InChI is InChI=1S/C23H35N5O2.HI/c1-5-24-23(25-12-11-21-17(2)27-30-18(21)3)26-16-22(28-13-6-7-14-28)19-9-8-10-20(15-19)29-4;/h8-10,15,22H,5-7,11-14,16H2,1-4H3,(H2,24,25,26);1H. The lowest BCUT2D eigenvalue weighted by molar-refractivity contribution is 0.251. The van der Waals surface area contributed by atoms with Crippen LogP contribution in [0.3, 0.4) is 0 Å². The molecular formula is C23H36IN5O2. The molecule has 1 aromatic carbocycles. The molecule has 1 atom stereocenters. The predicted molar refractivity (Wildman–Crippen MR) is 136 cm³/mol. The first-order chi connectivity index (χ1) is 14.6. The van der Waals surface area contributed by atoms with Crippen molar-refractivity contribution in [1.82, 2.24) is 20.7 Å². The fraction of sp³-hybridized carbons (Fsp3) is 0.565. The van der Waals surface area contributed by atoms with Gasteiger partial charge in [-0.3, -0.25) is 9.89 Å². The van der Waals surface area contributed by atoms with Gasteiger partial charge in [0.1, 0.15) is 11.5 Å². The average Bonchev–Trinajstić information content (AvgIpc) is 3.39. The number of halogens is 1. The van der Waals surface area contributed by atoms with E-state index < -0.39 is 0 Å². The number of methoxy groups -OCH3 is 1. The van der Waals surface area contributed by atoms with Crippen molar-refractivity contribution in [3.05, 3.63) is 46.8 Å². The number of likely N-dealkylation sites (tertiary alicyclic amines) is 1. The minimum Gasteiger partial charge on any atom is -0.497 e. The number of nitrogens with zero attached hydrogens (tertiary/aromatic N) is 3. The van der Waals surface area contributed by atoms with E-state index in [0.29, 0.717) is 6.54 Å². The van der Waals surface area contributed by atoms with Crippen molar-refractivity contribution >= 4 is 29.9 Å². The third kappa shape index (κ3) is 7.10. The first-order valence-electron chi connectivity index (χ1n) is 10.9. The molecule has 2 N–H and O–H groups in total. The second-order valence-corrected chi connectivity index (χ2v) is 7.73. The summed E-state index contributed by atoms with van der Waals surface area (Å²) in [5.74, 6) is 2.63. The molecule has 1 aliphatic heterocycles. The van der Waals surface area contributed by atoms with Gasteiger partial charge < -0.3 is 19.9 Å².